The molecule has 50 heavy (non-hydrogen) atoms. The standard InChI is InChI=1S/C34H63NO14Si/c1-34(2,3)50(4,5)49-31-29-47-27-25-45-23-21-43-19-17-41-15-13-39-11-10-38-12-14-40-16-18-42-20-22-44-24-26-46-28-30-48-33-8-6-32(7-9-33)35(36)37/h6-9H,10-31H2,1-5H3. The Hall–Kier alpha value is -1.80. The minimum atomic E-state index is -1.71. The molecule has 0 aliphatic carbocycles. The minimum absolute atomic E-state index is 0.0259. The van der Waals surface area contributed by atoms with Gasteiger partial charge in [-0.05, 0) is 30.3 Å². The van der Waals surface area contributed by atoms with E-state index in [0.717, 1.165) is 0 Å². The quantitative estimate of drug-likeness (QED) is 0.0419. The van der Waals surface area contributed by atoms with Crippen LogP contribution in [0.4, 0.5) is 5.69 Å². The molecule has 0 heterocycles. The summed E-state index contributed by atoms with van der Waals surface area (Å²) < 4.78 is 66.4. The van der Waals surface area contributed by atoms with Gasteiger partial charge < -0.3 is 56.5 Å². The van der Waals surface area contributed by atoms with Gasteiger partial charge >= 0.3 is 0 Å². The van der Waals surface area contributed by atoms with Crippen LogP contribution in [-0.2, 0) is 51.8 Å². The molecule has 0 aliphatic rings. The number of hydrogen-bond donors (Lipinski definition) is 0. The van der Waals surface area contributed by atoms with Gasteiger partial charge in [0.25, 0.3) is 5.69 Å². The molecule has 292 valence electrons. The van der Waals surface area contributed by atoms with E-state index in [4.69, 9.17) is 56.5 Å². The molecule has 0 unspecified atom stereocenters. The van der Waals surface area contributed by atoms with E-state index >= 15 is 0 Å². The summed E-state index contributed by atoms with van der Waals surface area (Å²) in [5, 5.41) is 10.9. The van der Waals surface area contributed by atoms with Crippen molar-refractivity contribution < 1.29 is 61.5 Å². The largest absolute Gasteiger partial charge is 0.491 e. The lowest BCUT2D eigenvalue weighted by atomic mass is 10.2. The van der Waals surface area contributed by atoms with Gasteiger partial charge in [-0.25, -0.2) is 0 Å². The number of ether oxygens (including phenoxy) is 11. The third-order valence-electron chi connectivity index (χ3n) is 7.39. The number of nitro groups is 1. The zero-order valence-electron chi connectivity index (χ0n) is 31.0. The van der Waals surface area contributed by atoms with Gasteiger partial charge in [-0.3, -0.25) is 10.1 Å². The van der Waals surface area contributed by atoms with E-state index in [0.29, 0.717) is 151 Å². The topological polar surface area (TPSA) is 154 Å². The summed E-state index contributed by atoms with van der Waals surface area (Å²) in [6, 6.07) is 5.91. The Morgan fingerprint density at radius 1 is 0.480 bits per heavy atom. The zero-order valence-corrected chi connectivity index (χ0v) is 32.0. The van der Waals surface area contributed by atoms with E-state index in [1.165, 1.54) is 12.1 Å². The highest BCUT2D eigenvalue weighted by molar-refractivity contribution is 6.74. The molecule has 0 atom stereocenters. The molecular weight excluding hydrogens is 674 g/mol. The number of nitrogens with zero attached hydrogens (tertiary/aromatic N) is 1. The third kappa shape index (κ3) is 26.9. The van der Waals surface area contributed by atoms with Crippen LogP contribution in [-0.4, -0.2) is 159 Å². The van der Waals surface area contributed by atoms with Crippen LogP contribution in [0.2, 0.25) is 18.1 Å². The fourth-order valence-corrected chi connectivity index (χ4v) is 4.56. The lowest BCUT2D eigenvalue weighted by Crippen LogP contribution is -2.41. The summed E-state index contributed by atoms with van der Waals surface area (Å²) >= 11 is 0. The first-order valence-electron chi connectivity index (χ1n) is 17.4. The Morgan fingerprint density at radius 3 is 1.00 bits per heavy atom. The predicted octanol–water partition coefficient (Wildman–Crippen LogP) is 4.16. The normalized spacial score (nSPS) is 12.1. The maximum Gasteiger partial charge on any atom is 0.269 e. The molecule has 0 bridgehead atoms. The summed E-state index contributed by atoms with van der Waals surface area (Å²) in [7, 11) is -1.71. The summed E-state index contributed by atoms with van der Waals surface area (Å²) in [5.74, 6) is 0.556. The van der Waals surface area contributed by atoms with Gasteiger partial charge in [-0.1, -0.05) is 20.8 Å². The molecule has 0 aromatic heterocycles. The van der Waals surface area contributed by atoms with Gasteiger partial charge in [0.15, 0.2) is 8.32 Å². The molecule has 0 amide bonds. The second kappa shape index (κ2) is 30.8. The number of non-ortho nitro benzene ring substituents is 1. The highest BCUT2D eigenvalue weighted by Crippen LogP contribution is 2.36. The van der Waals surface area contributed by atoms with E-state index in [2.05, 4.69) is 33.9 Å². The monoisotopic (exact) mass is 737 g/mol. The van der Waals surface area contributed by atoms with Crippen LogP contribution in [0.3, 0.4) is 0 Å². The van der Waals surface area contributed by atoms with Crippen LogP contribution in [0.15, 0.2) is 24.3 Å². The van der Waals surface area contributed by atoms with E-state index in [1.54, 1.807) is 12.1 Å². The van der Waals surface area contributed by atoms with Crippen LogP contribution in [0, 0.1) is 10.1 Å². The van der Waals surface area contributed by atoms with Crippen molar-refractivity contribution in [3.05, 3.63) is 34.4 Å². The SMILES string of the molecule is CC(C)(C)[Si](C)(C)OCCOCCOCCOCCOCCOCCOCCOCCOCCOCCOCCOc1ccc([N+](=O)[O-])cc1. The van der Waals surface area contributed by atoms with Crippen molar-refractivity contribution in [2.45, 2.75) is 38.9 Å². The molecule has 0 saturated carbocycles. The molecule has 15 nitrogen and oxygen atoms in total. The maximum atomic E-state index is 10.6. The van der Waals surface area contributed by atoms with Crippen molar-refractivity contribution in [3.63, 3.8) is 0 Å². The van der Waals surface area contributed by atoms with Crippen molar-refractivity contribution >= 4 is 14.0 Å². The molecule has 0 spiro atoms. The molecule has 16 heteroatoms. The Balaban J connectivity index is 1.67. The zero-order chi connectivity index (χ0) is 36.6. The fraction of sp³-hybridized carbons (Fsp3) is 0.824. The summed E-state index contributed by atoms with van der Waals surface area (Å²) in [6.45, 7) is 22.0. The number of nitro benzene ring substituents is 1. The molecule has 1 aromatic carbocycles. The van der Waals surface area contributed by atoms with Crippen LogP contribution in [0.5, 0.6) is 5.75 Å². The van der Waals surface area contributed by atoms with Gasteiger partial charge in [-0.15, -0.1) is 0 Å². The van der Waals surface area contributed by atoms with Crippen LogP contribution < -0.4 is 4.74 Å². The molecule has 1 aromatic rings. The molecular formula is C34H63NO14Si. The first kappa shape index (κ1) is 46.2. The number of benzene rings is 1. The van der Waals surface area contributed by atoms with E-state index in [-0.39, 0.29) is 10.7 Å². The van der Waals surface area contributed by atoms with Gasteiger partial charge in [0.1, 0.15) is 12.4 Å². The minimum Gasteiger partial charge on any atom is -0.491 e. The van der Waals surface area contributed by atoms with Crippen molar-refractivity contribution in [1.29, 1.82) is 0 Å². The summed E-state index contributed by atoms with van der Waals surface area (Å²) in [5.41, 5.74) is 0.0259. The second-order valence-corrected chi connectivity index (χ2v) is 17.1. The maximum absolute atomic E-state index is 10.6. The van der Waals surface area contributed by atoms with Gasteiger partial charge in [0.2, 0.25) is 0 Å². The predicted molar refractivity (Wildman–Crippen MR) is 190 cm³/mol. The van der Waals surface area contributed by atoms with E-state index < -0.39 is 13.2 Å². The molecule has 0 radical (unpaired) electrons. The third-order valence-corrected chi connectivity index (χ3v) is 11.9. The van der Waals surface area contributed by atoms with Crippen molar-refractivity contribution in [1.82, 2.24) is 0 Å². The molecule has 1 rings (SSSR count). The first-order valence-corrected chi connectivity index (χ1v) is 20.3. The lowest BCUT2D eigenvalue weighted by molar-refractivity contribution is -0.384. The van der Waals surface area contributed by atoms with Crippen LogP contribution in [0.25, 0.3) is 0 Å². The Morgan fingerprint density at radius 2 is 0.740 bits per heavy atom. The van der Waals surface area contributed by atoms with Gasteiger partial charge in [0.05, 0.1) is 144 Å². The van der Waals surface area contributed by atoms with E-state index in [9.17, 15) is 10.1 Å². The first-order chi connectivity index (χ1) is 24.1. The molecule has 0 N–H and O–H groups in total. The number of rotatable bonds is 36. The molecule has 0 fully saturated rings. The highest BCUT2D eigenvalue weighted by Gasteiger charge is 2.36. The molecule has 0 saturated heterocycles. The number of hydrogen-bond acceptors (Lipinski definition) is 14. The summed E-state index contributed by atoms with van der Waals surface area (Å²) in [4.78, 5) is 10.2. The van der Waals surface area contributed by atoms with Crippen LogP contribution in [0.1, 0.15) is 20.8 Å². The van der Waals surface area contributed by atoms with Gasteiger partial charge in [0, 0.05) is 12.1 Å². The van der Waals surface area contributed by atoms with E-state index in [1.807, 2.05) is 0 Å². The van der Waals surface area contributed by atoms with Crippen molar-refractivity contribution in [2.75, 3.05) is 145 Å². The molecule has 0 aliphatic heterocycles. The van der Waals surface area contributed by atoms with Crippen LogP contribution >= 0.6 is 0 Å². The Kier molecular flexibility index (Phi) is 28.5. The second-order valence-electron chi connectivity index (χ2n) is 12.3. The Labute approximate surface area is 299 Å². The fourth-order valence-electron chi connectivity index (χ4n) is 3.54. The smallest absolute Gasteiger partial charge is 0.269 e. The van der Waals surface area contributed by atoms with Crippen molar-refractivity contribution in [3.8, 4) is 5.75 Å². The average molecular weight is 738 g/mol. The average Bonchev–Trinajstić information content (AvgIpc) is 3.08. The van der Waals surface area contributed by atoms with Gasteiger partial charge in [-0.2, -0.15) is 0 Å². The lowest BCUT2D eigenvalue weighted by Gasteiger charge is -2.36. The highest BCUT2D eigenvalue weighted by atomic mass is 28.4. The Bertz CT molecular complexity index is 920. The van der Waals surface area contributed by atoms with Crippen molar-refractivity contribution in [2.24, 2.45) is 0 Å². The summed E-state index contributed by atoms with van der Waals surface area (Å²) in [6.07, 6.45) is 0.